The molecular weight excluding hydrogens is 384 g/mol. The summed E-state index contributed by atoms with van der Waals surface area (Å²) < 4.78 is 7.21. The van der Waals surface area contributed by atoms with Crippen LogP contribution in [0.15, 0.2) is 46.6 Å². The Labute approximate surface area is 174 Å². The van der Waals surface area contributed by atoms with Crippen molar-refractivity contribution in [1.29, 1.82) is 0 Å². The molecule has 1 aliphatic rings. The van der Waals surface area contributed by atoms with Crippen LogP contribution in [-0.4, -0.2) is 20.7 Å². The van der Waals surface area contributed by atoms with Crippen molar-refractivity contribution in [2.45, 2.75) is 34.1 Å². The van der Waals surface area contributed by atoms with Crippen LogP contribution in [-0.2, 0) is 11.2 Å². The number of nitrogens with one attached hydrogen (secondary N) is 1. The molecule has 1 N–H and O–H groups in total. The fraction of sp³-hybridized carbons (Fsp3) is 0.227. The summed E-state index contributed by atoms with van der Waals surface area (Å²) in [7, 11) is 0. The van der Waals surface area contributed by atoms with Gasteiger partial charge < -0.3 is 9.84 Å². The predicted molar refractivity (Wildman–Crippen MR) is 117 cm³/mol. The first-order chi connectivity index (χ1) is 13.9. The third-order valence-electron chi connectivity index (χ3n) is 5.07. The van der Waals surface area contributed by atoms with Gasteiger partial charge in [0.25, 0.3) is 5.91 Å². The highest BCUT2D eigenvalue weighted by molar-refractivity contribution is 7.80. The number of carbonyl (C=O) groups is 1. The van der Waals surface area contributed by atoms with Gasteiger partial charge >= 0.3 is 0 Å². The Morgan fingerprint density at radius 3 is 2.69 bits per heavy atom. The molecule has 3 aromatic rings. The summed E-state index contributed by atoms with van der Waals surface area (Å²) >= 11 is 5.44. The van der Waals surface area contributed by atoms with E-state index in [1.54, 1.807) is 4.90 Å². The van der Waals surface area contributed by atoms with Gasteiger partial charge in [0.2, 0.25) is 0 Å². The van der Waals surface area contributed by atoms with E-state index >= 15 is 0 Å². The zero-order valence-corrected chi connectivity index (χ0v) is 17.6. The van der Waals surface area contributed by atoms with Crippen molar-refractivity contribution in [2.24, 2.45) is 0 Å². The molecular formula is C22H22N4O2S. The molecule has 0 spiro atoms. The van der Waals surface area contributed by atoms with Crippen LogP contribution in [0.5, 0.6) is 0 Å². The summed E-state index contributed by atoms with van der Waals surface area (Å²) in [6.07, 6.45) is 2.73. The highest BCUT2D eigenvalue weighted by Crippen LogP contribution is 2.26. The van der Waals surface area contributed by atoms with Crippen molar-refractivity contribution >= 4 is 35.0 Å². The topological polar surface area (TPSA) is 63.3 Å². The number of hydrogen-bond donors (Lipinski definition) is 1. The van der Waals surface area contributed by atoms with E-state index in [1.165, 1.54) is 0 Å². The normalized spacial score (nSPS) is 15.4. The molecule has 2 aromatic heterocycles. The Bertz CT molecular complexity index is 1160. The Balaban J connectivity index is 1.69. The molecule has 0 bridgehead atoms. The lowest BCUT2D eigenvalue weighted by molar-refractivity contribution is -0.113. The Morgan fingerprint density at radius 2 is 2.00 bits per heavy atom. The Kier molecular flexibility index (Phi) is 4.84. The molecule has 1 amide bonds. The number of amides is 1. The number of carbonyl (C=O) groups excluding carboxylic acids is 1. The van der Waals surface area contributed by atoms with E-state index in [0.717, 1.165) is 46.2 Å². The van der Waals surface area contributed by atoms with Gasteiger partial charge in [-0.3, -0.25) is 14.3 Å². The van der Waals surface area contributed by atoms with Gasteiger partial charge in [0.1, 0.15) is 11.5 Å². The average Bonchev–Trinajstić information content (AvgIpc) is 3.32. The van der Waals surface area contributed by atoms with Crippen LogP contribution in [0.3, 0.4) is 0 Å². The van der Waals surface area contributed by atoms with Gasteiger partial charge in [0.15, 0.2) is 10.9 Å². The molecule has 1 fully saturated rings. The van der Waals surface area contributed by atoms with Crippen LogP contribution < -0.4 is 10.2 Å². The average molecular weight is 407 g/mol. The van der Waals surface area contributed by atoms with Gasteiger partial charge in [0.05, 0.1) is 5.69 Å². The SMILES string of the molecule is CCc1cccc(N2C(=O)/C(=C\c3cc(C)n(-c4cc(C)on4)c3C)NC2=S)c1. The number of anilines is 1. The molecule has 1 aliphatic heterocycles. The van der Waals surface area contributed by atoms with E-state index in [-0.39, 0.29) is 5.91 Å². The van der Waals surface area contributed by atoms with Gasteiger partial charge in [-0.1, -0.05) is 24.2 Å². The van der Waals surface area contributed by atoms with Crippen molar-refractivity contribution in [1.82, 2.24) is 15.0 Å². The first-order valence-electron chi connectivity index (χ1n) is 9.47. The zero-order chi connectivity index (χ0) is 20.7. The second-order valence-corrected chi connectivity index (χ2v) is 7.50. The van der Waals surface area contributed by atoms with E-state index < -0.39 is 0 Å². The minimum absolute atomic E-state index is 0.162. The lowest BCUT2D eigenvalue weighted by Crippen LogP contribution is -2.30. The van der Waals surface area contributed by atoms with E-state index in [4.69, 9.17) is 16.7 Å². The molecule has 0 atom stereocenters. The smallest absolute Gasteiger partial charge is 0.281 e. The lowest BCUT2D eigenvalue weighted by atomic mass is 10.1. The third kappa shape index (κ3) is 3.38. The maximum Gasteiger partial charge on any atom is 0.281 e. The summed E-state index contributed by atoms with van der Waals surface area (Å²) in [6.45, 7) is 7.93. The van der Waals surface area contributed by atoms with Crippen LogP contribution in [0, 0.1) is 20.8 Å². The maximum absolute atomic E-state index is 13.1. The molecule has 1 aromatic carbocycles. The zero-order valence-electron chi connectivity index (χ0n) is 16.8. The number of aryl methyl sites for hydroxylation is 3. The summed E-state index contributed by atoms with van der Waals surface area (Å²) in [6, 6.07) is 11.8. The number of benzene rings is 1. The molecule has 148 valence electrons. The summed E-state index contributed by atoms with van der Waals surface area (Å²) in [5.74, 6) is 1.31. The number of rotatable bonds is 4. The Morgan fingerprint density at radius 1 is 1.21 bits per heavy atom. The molecule has 6 nitrogen and oxygen atoms in total. The summed E-state index contributed by atoms with van der Waals surface area (Å²) in [5, 5.41) is 7.55. The van der Waals surface area contributed by atoms with Crippen LogP contribution in [0.2, 0.25) is 0 Å². The number of aromatic nitrogens is 2. The minimum Gasteiger partial charge on any atom is -0.360 e. The number of nitrogens with zero attached hydrogens (tertiary/aromatic N) is 3. The van der Waals surface area contributed by atoms with Gasteiger partial charge in [0, 0.05) is 17.5 Å². The molecule has 0 radical (unpaired) electrons. The van der Waals surface area contributed by atoms with E-state index in [0.29, 0.717) is 10.8 Å². The van der Waals surface area contributed by atoms with Crippen LogP contribution in [0.1, 0.15) is 35.2 Å². The third-order valence-corrected chi connectivity index (χ3v) is 5.35. The first-order valence-corrected chi connectivity index (χ1v) is 9.88. The van der Waals surface area contributed by atoms with Crippen LogP contribution >= 0.6 is 12.2 Å². The van der Waals surface area contributed by atoms with E-state index in [1.807, 2.05) is 67.8 Å². The van der Waals surface area contributed by atoms with Crippen molar-refractivity contribution < 1.29 is 9.32 Å². The minimum atomic E-state index is -0.162. The fourth-order valence-electron chi connectivity index (χ4n) is 3.59. The van der Waals surface area contributed by atoms with Gasteiger partial charge in [-0.2, -0.15) is 0 Å². The first kappa shape index (κ1) is 19.1. The highest BCUT2D eigenvalue weighted by Gasteiger charge is 2.32. The number of hydrogen-bond acceptors (Lipinski definition) is 4. The second kappa shape index (κ2) is 7.33. The summed E-state index contributed by atoms with van der Waals surface area (Å²) in [4.78, 5) is 14.6. The van der Waals surface area contributed by atoms with Crippen LogP contribution in [0.4, 0.5) is 5.69 Å². The van der Waals surface area contributed by atoms with Crippen molar-refractivity contribution in [3.8, 4) is 5.82 Å². The van der Waals surface area contributed by atoms with Crippen LogP contribution in [0.25, 0.3) is 11.9 Å². The lowest BCUT2D eigenvalue weighted by Gasteiger charge is -2.14. The van der Waals surface area contributed by atoms with Gasteiger partial charge in [-0.15, -0.1) is 0 Å². The van der Waals surface area contributed by atoms with Crippen molar-refractivity contribution in [3.05, 3.63) is 70.4 Å². The standard InChI is InChI=1S/C22H22N4O2S/c1-5-16-7-6-8-18(11-16)26-21(27)19(23-22(26)29)12-17-9-13(2)25(15(17)4)20-10-14(3)28-24-20/h6-12H,5H2,1-4H3,(H,23,29)/b19-12+. The number of thiocarbonyl (C=S) groups is 1. The largest absolute Gasteiger partial charge is 0.360 e. The second-order valence-electron chi connectivity index (χ2n) is 7.11. The Hall–Kier alpha value is -3.19. The molecule has 0 aliphatic carbocycles. The predicted octanol–water partition coefficient (Wildman–Crippen LogP) is 4.22. The molecule has 7 heteroatoms. The highest BCUT2D eigenvalue weighted by atomic mass is 32.1. The van der Waals surface area contributed by atoms with Crippen molar-refractivity contribution in [3.63, 3.8) is 0 Å². The van der Waals surface area contributed by atoms with Crippen molar-refractivity contribution in [2.75, 3.05) is 4.90 Å². The maximum atomic E-state index is 13.1. The van der Waals surface area contributed by atoms with E-state index in [9.17, 15) is 4.79 Å². The molecule has 29 heavy (non-hydrogen) atoms. The van der Waals surface area contributed by atoms with Gasteiger partial charge in [-0.25, -0.2) is 0 Å². The molecule has 0 unspecified atom stereocenters. The molecule has 1 saturated heterocycles. The monoisotopic (exact) mass is 406 g/mol. The quantitative estimate of drug-likeness (QED) is 0.519. The molecule has 4 rings (SSSR count). The molecule has 0 saturated carbocycles. The van der Waals surface area contributed by atoms with E-state index in [2.05, 4.69) is 17.4 Å². The van der Waals surface area contributed by atoms with Gasteiger partial charge in [-0.05, 0) is 74.8 Å². The summed E-state index contributed by atoms with van der Waals surface area (Å²) in [5.41, 5.74) is 5.28. The fourth-order valence-corrected chi connectivity index (χ4v) is 3.88. The molecule has 3 heterocycles.